The molecule has 0 spiro atoms. The first-order chi connectivity index (χ1) is 30.2. The minimum absolute atomic E-state index is 0.358. The van der Waals surface area contributed by atoms with Gasteiger partial charge in [0.1, 0.15) is 30.5 Å². The average molecular weight is 811 g/mol. The lowest BCUT2D eigenvalue weighted by Gasteiger charge is -2.30. The van der Waals surface area contributed by atoms with Crippen molar-refractivity contribution in [2.75, 3.05) is 53.4 Å². The summed E-state index contributed by atoms with van der Waals surface area (Å²) in [6.07, 6.45) is 0.953. The van der Waals surface area contributed by atoms with E-state index in [9.17, 15) is 0 Å². The van der Waals surface area contributed by atoms with Crippen LogP contribution in [0.15, 0.2) is 180 Å². The van der Waals surface area contributed by atoms with Gasteiger partial charge in [-0.2, -0.15) is 0 Å². The number of rotatable bonds is 20. The summed E-state index contributed by atoms with van der Waals surface area (Å²) in [6, 6.07) is 57.3. The maximum Gasteiger partial charge on any atom is 0.261 e. The number of imidazole rings is 1. The average Bonchev–Trinajstić information content (AvgIpc) is 3.93. The van der Waals surface area contributed by atoms with Gasteiger partial charge in [-0.15, -0.1) is 0 Å². The fourth-order valence-corrected chi connectivity index (χ4v) is 7.42. The minimum atomic E-state index is -1.42. The second kappa shape index (κ2) is 20.1. The lowest BCUT2D eigenvalue weighted by Crippen LogP contribution is -2.31. The van der Waals surface area contributed by atoms with E-state index in [0.29, 0.717) is 63.6 Å². The summed E-state index contributed by atoms with van der Waals surface area (Å²) in [5, 5.41) is 0. The fourth-order valence-electron chi connectivity index (χ4n) is 7.42. The predicted molar refractivity (Wildman–Crippen MR) is 243 cm³/mol. The standard InChI is InChI=1S/C52H50N4O5/c1-3-30-58-33-35-60-45-28-16-26-43(37-45)51-53-49(41-22-12-6-13-23-41)50(42-24-14-7-15-25-42)56(51)52(44-27-17-29-46(38-44)61-36-34-59-32-31-57-2)54-47(39-18-8-4-9-19-39)48(55-52)40-20-10-5-11-21-40/h4-29,37-38H,3,30-36H2,1-2H3. The van der Waals surface area contributed by atoms with Gasteiger partial charge in [0.15, 0.2) is 0 Å². The molecule has 0 saturated heterocycles. The number of nitrogens with zero attached hydrogens (tertiary/aromatic N) is 4. The first-order valence-corrected chi connectivity index (χ1v) is 20.8. The molecular formula is C52H50N4O5. The van der Waals surface area contributed by atoms with E-state index in [1.54, 1.807) is 7.11 Å². The highest BCUT2D eigenvalue weighted by atomic mass is 16.5. The molecule has 0 amide bonds. The molecule has 9 nitrogen and oxygen atoms in total. The van der Waals surface area contributed by atoms with Crippen LogP contribution in [0.25, 0.3) is 33.9 Å². The second-order valence-electron chi connectivity index (χ2n) is 14.5. The van der Waals surface area contributed by atoms with Crippen LogP contribution in [0.3, 0.4) is 0 Å². The number of methoxy groups -OCH3 is 1. The van der Waals surface area contributed by atoms with Crippen molar-refractivity contribution in [1.29, 1.82) is 0 Å². The van der Waals surface area contributed by atoms with Crippen molar-refractivity contribution in [3.05, 3.63) is 187 Å². The summed E-state index contributed by atoms with van der Waals surface area (Å²) in [4.78, 5) is 17.3. The van der Waals surface area contributed by atoms with Gasteiger partial charge in [0.05, 0.1) is 49.2 Å². The summed E-state index contributed by atoms with van der Waals surface area (Å²) in [7, 11) is 1.66. The highest BCUT2D eigenvalue weighted by Crippen LogP contribution is 2.47. The molecule has 6 aromatic carbocycles. The van der Waals surface area contributed by atoms with Gasteiger partial charge in [0.2, 0.25) is 0 Å². The molecule has 0 N–H and O–H groups in total. The van der Waals surface area contributed by atoms with E-state index in [1.165, 1.54) is 0 Å². The summed E-state index contributed by atoms with van der Waals surface area (Å²) in [6.45, 7) is 5.50. The Hall–Kier alpha value is -6.65. The quantitative estimate of drug-likeness (QED) is 0.0713. The van der Waals surface area contributed by atoms with Crippen LogP contribution in [-0.2, 0) is 20.0 Å². The zero-order valence-electron chi connectivity index (χ0n) is 34.7. The lowest BCUT2D eigenvalue weighted by molar-refractivity contribution is 0.0544. The number of hydrogen-bond acceptors (Lipinski definition) is 8. The van der Waals surface area contributed by atoms with E-state index in [1.807, 2.05) is 97.1 Å². The molecular weight excluding hydrogens is 761 g/mol. The number of hydrogen-bond donors (Lipinski definition) is 0. The van der Waals surface area contributed by atoms with Gasteiger partial charge in [-0.1, -0.05) is 153 Å². The molecule has 0 saturated carbocycles. The van der Waals surface area contributed by atoms with Gasteiger partial charge in [-0.05, 0) is 30.7 Å². The Morgan fingerprint density at radius 3 is 1.54 bits per heavy atom. The van der Waals surface area contributed by atoms with Crippen molar-refractivity contribution in [2.45, 2.75) is 19.1 Å². The van der Waals surface area contributed by atoms with E-state index in [2.05, 4.69) is 84.3 Å². The molecule has 7 aromatic rings. The zero-order valence-corrected chi connectivity index (χ0v) is 34.7. The van der Waals surface area contributed by atoms with E-state index in [4.69, 9.17) is 38.7 Å². The number of aromatic nitrogens is 2. The fraction of sp³-hybridized carbons (Fsp3) is 0.212. The Balaban J connectivity index is 1.41. The second-order valence-corrected chi connectivity index (χ2v) is 14.5. The van der Waals surface area contributed by atoms with Crippen LogP contribution in [0.4, 0.5) is 0 Å². The first-order valence-electron chi connectivity index (χ1n) is 20.8. The van der Waals surface area contributed by atoms with Crippen molar-refractivity contribution >= 4 is 11.4 Å². The third-order valence-corrected chi connectivity index (χ3v) is 10.2. The number of ether oxygens (including phenoxy) is 5. The molecule has 2 heterocycles. The molecule has 0 fully saturated rings. The van der Waals surface area contributed by atoms with Crippen molar-refractivity contribution in [3.8, 4) is 45.4 Å². The SMILES string of the molecule is CCCOCCOc1cccc(-c2nc(-c3ccccc3)c(-c3ccccc3)n2C2(c3cccc(OCCOCCOC)c3)N=C(c3ccccc3)C(c3ccccc3)=N2)c1. The Kier molecular flexibility index (Phi) is 13.5. The molecule has 0 aliphatic carbocycles. The van der Waals surface area contributed by atoms with Crippen LogP contribution < -0.4 is 9.47 Å². The normalized spacial score (nSPS) is 13.1. The van der Waals surface area contributed by atoms with Crippen LogP contribution in [0, 0.1) is 0 Å². The van der Waals surface area contributed by atoms with Crippen LogP contribution in [0.2, 0.25) is 0 Å². The van der Waals surface area contributed by atoms with Crippen molar-refractivity contribution in [2.24, 2.45) is 9.98 Å². The highest BCUT2D eigenvalue weighted by Gasteiger charge is 2.45. The molecule has 1 aromatic heterocycles. The predicted octanol–water partition coefficient (Wildman–Crippen LogP) is 10.4. The maximum atomic E-state index is 6.36. The smallest absolute Gasteiger partial charge is 0.261 e. The molecule has 308 valence electrons. The Labute approximate surface area is 358 Å². The Morgan fingerprint density at radius 1 is 0.475 bits per heavy atom. The monoisotopic (exact) mass is 810 g/mol. The van der Waals surface area contributed by atoms with Gasteiger partial charge < -0.3 is 23.7 Å². The van der Waals surface area contributed by atoms with Gasteiger partial charge in [-0.25, -0.2) is 15.0 Å². The van der Waals surface area contributed by atoms with E-state index in [0.717, 1.165) is 62.6 Å². The summed E-state index contributed by atoms with van der Waals surface area (Å²) < 4.78 is 31.5. The van der Waals surface area contributed by atoms with Crippen molar-refractivity contribution < 1.29 is 23.7 Å². The van der Waals surface area contributed by atoms with E-state index in [-0.39, 0.29) is 0 Å². The molecule has 8 rings (SSSR count). The molecule has 0 radical (unpaired) electrons. The van der Waals surface area contributed by atoms with Gasteiger partial charge >= 0.3 is 0 Å². The van der Waals surface area contributed by atoms with Crippen LogP contribution in [0.5, 0.6) is 11.5 Å². The minimum Gasteiger partial charge on any atom is -0.491 e. The molecule has 9 heteroatoms. The molecule has 61 heavy (non-hydrogen) atoms. The van der Waals surface area contributed by atoms with Crippen molar-refractivity contribution in [1.82, 2.24) is 9.55 Å². The molecule has 1 aliphatic heterocycles. The first kappa shape index (κ1) is 41.1. The Morgan fingerprint density at radius 2 is 0.967 bits per heavy atom. The van der Waals surface area contributed by atoms with Gasteiger partial charge in [-0.3, -0.25) is 4.57 Å². The Bertz CT molecular complexity index is 2480. The molecule has 0 bridgehead atoms. The van der Waals surface area contributed by atoms with Crippen LogP contribution in [-0.4, -0.2) is 74.3 Å². The largest absolute Gasteiger partial charge is 0.491 e. The third kappa shape index (κ3) is 9.40. The zero-order chi connectivity index (χ0) is 41.7. The summed E-state index contributed by atoms with van der Waals surface area (Å²) >= 11 is 0. The molecule has 0 atom stereocenters. The highest BCUT2D eigenvalue weighted by molar-refractivity contribution is 6.54. The van der Waals surface area contributed by atoms with E-state index < -0.39 is 5.79 Å². The van der Waals surface area contributed by atoms with Gasteiger partial charge in [0.25, 0.3) is 5.79 Å². The van der Waals surface area contributed by atoms with Crippen LogP contribution >= 0.6 is 0 Å². The summed E-state index contributed by atoms with van der Waals surface area (Å²) in [5.74, 6) is 0.618. The van der Waals surface area contributed by atoms with Gasteiger partial charge in [0, 0.05) is 47.1 Å². The lowest BCUT2D eigenvalue weighted by atomic mass is 10.0. The molecule has 1 aliphatic rings. The molecule has 0 unspecified atom stereocenters. The number of benzene rings is 6. The topological polar surface area (TPSA) is 88.7 Å². The summed E-state index contributed by atoms with van der Waals surface area (Å²) in [5.41, 5.74) is 8.60. The van der Waals surface area contributed by atoms with E-state index >= 15 is 0 Å². The third-order valence-electron chi connectivity index (χ3n) is 10.2. The number of aliphatic imine (C=N–C) groups is 2. The van der Waals surface area contributed by atoms with Crippen molar-refractivity contribution in [3.63, 3.8) is 0 Å². The van der Waals surface area contributed by atoms with Crippen LogP contribution in [0.1, 0.15) is 30.0 Å². The maximum absolute atomic E-state index is 6.36.